The van der Waals surface area contributed by atoms with Crippen LogP contribution in [0, 0.1) is 25.7 Å². The summed E-state index contributed by atoms with van der Waals surface area (Å²) in [5.74, 6) is 1.05. The van der Waals surface area contributed by atoms with Gasteiger partial charge in [0, 0.05) is 0 Å². The number of aryl methyl sites for hydroxylation is 2. The second kappa shape index (κ2) is 5.28. The topological polar surface area (TPSA) is 20.2 Å². The van der Waals surface area contributed by atoms with Crippen molar-refractivity contribution in [1.29, 1.82) is 0 Å². The maximum absolute atomic E-state index is 10.5. The van der Waals surface area contributed by atoms with Gasteiger partial charge in [0.2, 0.25) is 0 Å². The Bertz CT molecular complexity index is 447. The van der Waals surface area contributed by atoms with Crippen LogP contribution < -0.4 is 0 Å². The molecule has 0 amide bonds. The molecule has 0 bridgehead atoms. The lowest BCUT2D eigenvalue weighted by atomic mass is 9.64. The van der Waals surface area contributed by atoms with E-state index < -0.39 is 0 Å². The third kappa shape index (κ3) is 2.86. The number of rotatable bonds is 2. The van der Waals surface area contributed by atoms with E-state index in [2.05, 4.69) is 52.8 Å². The van der Waals surface area contributed by atoms with Gasteiger partial charge in [-0.05, 0) is 55.1 Å². The Kier molecular flexibility index (Phi) is 4.06. The van der Waals surface area contributed by atoms with E-state index in [0.717, 1.165) is 12.8 Å². The fraction of sp³-hybridized carbons (Fsp3) is 0.667. The number of aliphatic hydroxyl groups is 1. The molecule has 0 spiro atoms. The molecule has 1 aliphatic carbocycles. The van der Waals surface area contributed by atoms with Crippen molar-refractivity contribution in [3.63, 3.8) is 0 Å². The zero-order valence-electron chi connectivity index (χ0n) is 13.0. The molecule has 1 N–H and O–H groups in total. The van der Waals surface area contributed by atoms with Crippen molar-refractivity contribution in [2.24, 2.45) is 11.8 Å². The normalized spacial score (nSPS) is 28.4. The van der Waals surface area contributed by atoms with Crippen molar-refractivity contribution in [2.75, 3.05) is 0 Å². The molecule has 0 radical (unpaired) electrons. The summed E-state index contributed by atoms with van der Waals surface area (Å²) in [5, 5.41) is 10.5. The number of benzene rings is 1. The Hall–Kier alpha value is -0.820. The van der Waals surface area contributed by atoms with Gasteiger partial charge < -0.3 is 5.11 Å². The van der Waals surface area contributed by atoms with Crippen LogP contribution in [0.15, 0.2) is 18.2 Å². The Morgan fingerprint density at radius 1 is 1.16 bits per heavy atom. The van der Waals surface area contributed by atoms with E-state index in [1.807, 2.05) is 0 Å². The molecule has 0 heterocycles. The maximum Gasteiger partial charge on any atom is 0.0579 e. The minimum atomic E-state index is -0.153. The summed E-state index contributed by atoms with van der Waals surface area (Å²) in [5.41, 5.74) is 4.12. The molecule has 1 aromatic rings. The first kappa shape index (κ1) is 14.6. The molecule has 0 aliphatic heterocycles. The standard InChI is InChI=1S/C18H28O/c1-12-6-8-15(14(3)10-12)18(4,5)16-9-7-13(2)11-17(16)19/h6,8,10,13,16-17,19H,7,9,11H2,1-5H3. The smallest absolute Gasteiger partial charge is 0.0579 e. The molecule has 1 nitrogen and oxygen atoms in total. The summed E-state index contributed by atoms with van der Waals surface area (Å²) in [6, 6.07) is 6.71. The highest BCUT2D eigenvalue weighted by Gasteiger charge is 2.39. The Morgan fingerprint density at radius 3 is 2.42 bits per heavy atom. The van der Waals surface area contributed by atoms with Gasteiger partial charge in [-0.15, -0.1) is 0 Å². The Balaban J connectivity index is 2.30. The minimum absolute atomic E-state index is 0.0529. The number of hydrogen-bond donors (Lipinski definition) is 1. The largest absolute Gasteiger partial charge is 0.393 e. The van der Waals surface area contributed by atoms with E-state index in [9.17, 15) is 5.11 Å². The third-order valence-corrected chi connectivity index (χ3v) is 5.08. The zero-order chi connectivity index (χ0) is 14.2. The summed E-state index contributed by atoms with van der Waals surface area (Å²) in [4.78, 5) is 0. The van der Waals surface area contributed by atoms with Gasteiger partial charge in [0.25, 0.3) is 0 Å². The van der Waals surface area contributed by atoms with Gasteiger partial charge in [-0.2, -0.15) is 0 Å². The summed E-state index contributed by atoms with van der Waals surface area (Å²) < 4.78 is 0. The summed E-state index contributed by atoms with van der Waals surface area (Å²) in [7, 11) is 0. The van der Waals surface area contributed by atoms with E-state index in [0.29, 0.717) is 11.8 Å². The van der Waals surface area contributed by atoms with Gasteiger partial charge in [0.15, 0.2) is 0 Å². The molecule has 1 aliphatic rings. The van der Waals surface area contributed by atoms with Crippen LogP contribution in [-0.2, 0) is 5.41 Å². The molecule has 2 rings (SSSR count). The van der Waals surface area contributed by atoms with Crippen LogP contribution in [0.4, 0.5) is 0 Å². The van der Waals surface area contributed by atoms with Crippen molar-refractivity contribution in [2.45, 2.75) is 65.4 Å². The zero-order valence-corrected chi connectivity index (χ0v) is 13.0. The Morgan fingerprint density at radius 2 is 1.84 bits per heavy atom. The van der Waals surface area contributed by atoms with Crippen molar-refractivity contribution < 1.29 is 5.11 Å². The van der Waals surface area contributed by atoms with Crippen LogP contribution >= 0.6 is 0 Å². The molecule has 19 heavy (non-hydrogen) atoms. The van der Waals surface area contributed by atoms with Crippen molar-refractivity contribution in [3.05, 3.63) is 34.9 Å². The first-order chi connectivity index (χ1) is 8.82. The molecule has 106 valence electrons. The lowest BCUT2D eigenvalue weighted by molar-refractivity contribution is 0.0142. The molecule has 1 aromatic carbocycles. The molecular formula is C18H28O. The second-order valence-corrected chi connectivity index (χ2v) is 7.13. The highest BCUT2D eigenvalue weighted by Crippen LogP contribution is 2.43. The monoisotopic (exact) mass is 260 g/mol. The quantitative estimate of drug-likeness (QED) is 0.836. The SMILES string of the molecule is Cc1ccc(C(C)(C)C2CCC(C)CC2O)c(C)c1. The summed E-state index contributed by atoms with van der Waals surface area (Å²) in [6.45, 7) is 11.2. The van der Waals surface area contributed by atoms with E-state index >= 15 is 0 Å². The first-order valence-corrected chi connectivity index (χ1v) is 7.58. The van der Waals surface area contributed by atoms with Crippen LogP contribution in [0.2, 0.25) is 0 Å². The van der Waals surface area contributed by atoms with Crippen LogP contribution in [0.1, 0.15) is 56.7 Å². The minimum Gasteiger partial charge on any atom is -0.393 e. The highest BCUT2D eigenvalue weighted by molar-refractivity contribution is 5.36. The van der Waals surface area contributed by atoms with Crippen molar-refractivity contribution >= 4 is 0 Å². The van der Waals surface area contributed by atoms with Gasteiger partial charge in [0.05, 0.1) is 6.10 Å². The molecule has 1 fully saturated rings. The van der Waals surface area contributed by atoms with E-state index in [4.69, 9.17) is 0 Å². The third-order valence-electron chi connectivity index (χ3n) is 5.08. The lowest BCUT2D eigenvalue weighted by Gasteiger charge is -2.43. The average molecular weight is 260 g/mol. The van der Waals surface area contributed by atoms with Crippen molar-refractivity contribution in [1.82, 2.24) is 0 Å². The highest BCUT2D eigenvalue weighted by atomic mass is 16.3. The van der Waals surface area contributed by atoms with E-state index in [1.165, 1.54) is 23.1 Å². The molecule has 3 atom stereocenters. The van der Waals surface area contributed by atoms with E-state index in [1.54, 1.807) is 0 Å². The molecule has 1 heteroatoms. The van der Waals surface area contributed by atoms with Crippen LogP contribution in [0.3, 0.4) is 0 Å². The van der Waals surface area contributed by atoms with Crippen LogP contribution in [0.5, 0.6) is 0 Å². The predicted octanol–water partition coefficient (Wildman–Crippen LogP) is 4.38. The van der Waals surface area contributed by atoms with Crippen LogP contribution in [0.25, 0.3) is 0 Å². The van der Waals surface area contributed by atoms with Crippen molar-refractivity contribution in [3.8, 4) is 0 Å². The van der Waals surface area contributed by atoms with Gasteiger partial charge in [-0.25, -0.2) is 0 Å². The summed E-state index contributed by atoms with van der Waals surface area (Å²) in [6.07, 6.45) is 3.19. The second-order valence-electron chi connectivity index (χ2n) is 7.13. The number of hydrogen-bond acceptors (Lipinski definition) is 1. The fourth-order valence-electron chi connectivity index (χ4n) is 3.93. The van der Waals surface area contributed by atoms with Gasteiger partial charge in [-0.3, -0.25) is 0 Å². The number of aliphatic hydroxyl groups excluding tert-OH is 1. The van der Waals surface area contributed by atoms with E-state index in [-0.39, 0.29) is 11.5 Å². The summed E-state index contributed by atoms with van der Waals surface area (Å²) >= 11 is 0. The van der Waals surface area contributed by atoms with Gasteiger partial charge >= 0.3 is 0 Å². The first-order valence-electron chi connectivity index (χ1n) is 7.58. The Labute approximate surface area is 118 Å². The van der Waals surface area contributed by atoms with Gasteiger partial charge in [-0.1, -0.05) is 51.0 Å². The molecular weight excluding hydrogens is 232 g/mol. The molecule has 0 aromatic heterocycles. The molecule has 1 saturated carbocycles. The maximum atomic E-state index is 10.5. The molecule has 0 saturated heterocycles. The fourth-order valence-corrected chi connectivity index (χ4v) is 3.93. The van der Waals surface area contributed by atoms with Crippen LogP contribution in [-0.4, -0.2) is 11.2 Å². The van der Waals surface area contributed by atoms with Gasteiger partial charge in [0.1, 0.15) is 0 Å². The predicted molar refractivity (Wildman–Crippen MR) is 81.5 cm³/mol. The average Bonchev–Trinajstić information content (AvgIpc) is 2.27. The molecule has 3 unspecified atom stereocenters. The lowest BCUT2D eigenvalue weighted by Crippen LogP contribution is -2.41.